The molecule has 0 saturated heterocycles. The van der Waals surface area contributed by atoms with Crippen molar-refractivity contribution in [2.45, 2.75) is 64.5 Å². The molecule has 0 aromatic heterocycles. The zero-order valence-corrected chi connectivity index (χ0v) is 12.2. The number of rotatable bonds is 9. The molecular formula is C14H29N3. The van der Waals surface area contributed by atoms with Crippen LogP contribution >= 0.6 is 0 Å². The van der Waals surface area contributed by atoms with Gasteiger partial charge in [-0.05, 0) is 53.2 Å². The SMILES string of the molecule is CCCC(C)N(C)CCCC(C#N)(CC)NC. The lowest BCUT2D eigenvalue weighted by Gasteiger charge is -2.28. The lowest BCUT2D eigenvalue weighted by Crippen LogP contribution is -2.41. The van der Waals surface area contributed by atoms with Gasteiger partial charge in [-0.1, -0.05) is 20.3 Å². The summed E-state index contributed by atoms with van der Waals surface area (Å²) in [5.74, 6) is 0. The number of nitrogens with one attached hydrogen (secondary N) is 1. The van der Waals surface area contributed by atoms with E-state index in [9.17, 15) is 5.26 Å². The van der Waals surface area contributed by atoms with Gasteiger partial charge in [0.1, 0.15) is 5.54 Å². The Labute approximate surface area is 107 Å². The maximum atomic E-state index is 9.21. The summed E-state index contributed by atoms with van der Waals surface area (Å²) in [6.45, 7) is 7.65. The molecule has 100 valence electrons. The van der Waals surface area contributed by atoms with Crippen LogP contribution in [-0.2, 0) is 0 Å². The molecule has 0 aliphatic rings. The van der Waals surface area contributed by atoms with E-state index in [1.807, 2.05) is 7.05 Å². The second-order valence-electron chi connectivity index (χ2n) is 5.02. The van der Waals surface area contributed by atoms with E-state index in [1.54, 1.807) is 0 Å². The Kier molecular flexibility index (Phi) is 8.20. The first-order chi connectivity index (χ1) is 8.05. The van der Waals surface area contributed by atoms with Crippen molar-refractivity contribution >= 4 is 0 Å². The van der Waals surface area contributed by atoms with Crippen molar-refractivity contribution in [2.75, 3.05) is 20.6 Å². The average molecular weight is 239 g/mol. The van der Waals surface area contributed by atoms with Gasteiger partial charge in [-0.3, -0.25) is 0 Å². The summed E-state index contributed by atoms with van der Waals surface area (Å²) in [4.78, 5) is 2.40. The van der Waals surface area contributed by atoms with E-state index in [1.165, 1.54) is 12.8 Å². The Bertz CT molecular complexity index is 228. The van der Waals surface area contributed by atoms with Crippen LogP contribution in [-0.4, -0.2) is 37.1 Å². The van der Waals surface area contributed by atoms with Gasteiger partial charge < -0.3 is 10.2 Å². The first-order valence-electron chi connectivity index (χ1n) is 6.85. The third-order valence-electron chi connectivity index (χ3n) is 3.87. The fourth-order valence-electron chi connectivity index (χ4n) is 2.16. The fourth-order valence-corrected chi connectivity index (χ4v) is 2.16. The van der Waals surface area contributed by atoms with Crippen LogP contribution in [0.1, 0.15) is 52.9 Å². The first-order valence-corrected chi connectivity index (χ1v) is 6.85. The number of hydrogen-bond donors (Lipinski definition) is 1. The second kappa shape index (κ2) is 8.49. The van der Waals surface area contributed by atoms with Crippen LogP contribution in [0.5, 0.6) is 0 Å². The zero-order valence-electron chi connectivity index (χ0n) is 12.2. The highest BCUT2D eigenvalue weighted by molar-refractivity contribution is 5.05. The predicted octanol–water partition coefficient (Wildman–Crippen LogP) is 2.78. The Morgan fingerprint density at radius 2 is 2.06 bits per heavy atom. The van der Waals surface area contributed by atoms with Crippen molar-refractivity contribution in [2.24, 2.45) is 0 Å². The lowest BCUT2D eigenvalue weighted by atomic mass is 9.92. The monoisotopic (exact) mass is 239 g/mol. The molecule has 3 heteroatoms. The molecule has 0 spiro atoms. The summed E-state index contributed by atoms with van der Waals surface area (Å²) < 4.78 is 0. The van der Waals surface area contributed by atoms with Crippen molar-refractivity contribution < 1.29 is 0 Å². The van der Waals surface area contributed by atoms with E-state index >= 15 is 0 Å². The minimum absolute atomic E-state index is 0.325. The molecule has 1 N–H and O–H groups in total. The molecule has 0 aromatic rings. The molecule has 0 aliphatic carbocycles. The number of nitriles is 1. The van der Waals surface area contributed by atoms with Gasteiger partial charge in [0.05, 0.1) is 6.07 Å². The van der Waals surface area contributed by atoms with E-state index in [0.29, 0.717) is 6.04 Å². The first kappa shape index (κ1) is 16.4. The third-order valence-corrected chi connectivity index (χ3v) is 3.87. The molecule has 2 atom stereocenters. The van der Waals surface area contributed by atoms with Crippen LogP contribution in [0.25, 0.3) is 0 Å². The molecule has 17 heavy (non-hydrogen) atoms. The normalized spacial score (nSPS) is 16.5. The Hall–Kier alpha value is -0.590. The Balaban J connectivity index is 4.01. The summed E-state index contributed by atoms with van der Waals surface area (Å²) in [5, 5.41) is 12.4. The van der Waals surface area contributed by atoms with E-state index in [4.69, 9.17) is 0 Å². The molecule has 0 aliphatic heterocycles. The minimum Gasteiger partial charge on any atom is -0.304 e. The van der Waals surface area contributed by atoms with Crippen LogP contribution < -0.4 is 5.32 Å². The zero-order chi connectivity index (χ0) is 13.3. The molecule has 0 aromatic carbocycles. The molecular weight excluding hydrogens is 210 g/mol. The molecule has 2 unspecified atom stereocenters. The van der Waals surface area contributed by atoms with Crippen molar-refractivity contribution in [3.8, 4) is 6.07 Å². The van der Waals surface area contributed by atoms with E-state index in [2.05, 4.69) is 44.1 Å². The van der Waals surface area contributed by atoms with Crippen LogP contribution in [0, 0.1) is 11.3 Å². The van der Waals surface area contributed by atoms with Gasteiger partial charge in [-0.25, -0.2) is 0 Å². The summed E-state index contributed by atoms with van der Waals surface area (Å²) in [7, 11) is 4.07. The molecule has 0 amide bonds. The molecule has 0 heterocycles. The predicted molar refractivity (Wildman–Crippen MR) is 73.9 cm³/mol. The van der Waals surface area contributed by atoms with Crippen LogP contribution in [0.4, 0.5) is 0 Å². The average Bonchev–Trinajstić information content (AvgIpc) is 2.35. The standard InChI is InChI=1S/C14H29N3/c1-6-9-13(3)17(5)11-8-10-14(7-2,12-15)16-4/h13,16H,6-11H2,1-5H3. The second-order valence-corrected chi connectivity index (χ2v) is 5.02. The smallest absolute Gasteiger partial charge is 0.106 e. The summed E-state index contributed by atoms with van der Waals surface area (Å²) >= 11 is 0. The third kappa shape index (κ3) is 5.52. The van der Waals surface area contributed by atoms with E-state index < -0.39 is 0 Å². The van der Waals surface area contributed by atoms with Gasteiger partial charge >= 0.3 is 0 Å². The van der Waals surface area contributed by atoms with Crippen molar-refractivity contribution in [1.29, 1.82) is 5.26 Å². The maximum absolute atomic E-state index is 9.21. The highest BCUT2D eigenvalue weighted by Gasteiger charge is 2.25. The molecule has 0 radical (unpaired) electrons. The van der Waals surface area contributed by atoms with Crippen molar-refractivity contribution in [1.82, 2.24) is 10.2 Å². The summed E-state index contributed by atoms with van der Waals surface area (Å²) in [6.07, 6.45) is 5.36. The van der Waals surface area contributed by atoms with Gasteiger partial charge in [0, 0.05) is 6.04 Å². The topological polar surface area (TPSA) is 39.1 Å². The summed E-state index contributed by atoms with van der Waals surface area (Å²) in [5.41, 5.74) is -0.325. The fraction of sp³-hybridized carbons (Fsp3) is 0.929. The molecule has 0 fully saturated rings. The van der Waals surface area contributed by atoms with E-state index in [-0.39, 0.29) is 5.54 Å². The van der Waals surface area contributed by atoms with Crippen LogP contribution in [0.15, 0.2) is 0 Å². The Morgan fingerprint density at radius 1 is 1.41 bits per heavy atom. The van der Waals surface area contributed by atoms with Gasteiger partial charge in [-0.2, -0.15) is 5.26 Å². The van der Waals surface area contributed by atoms with Gasteiger partial charge in [0.25, 0.3) is 0 Å². The minimum atomic E-state index is -0.325. The highest BCUT2D eigenvalue weighted by atomic mass is 15.1. The maximum Gasteiger partial charge on any atom is 0.106 e. The number of nitrogens with zero attached hydrogens (tertiary/aromatic N) is 2. The highest BCUT2D eigenvalue weighted by Crippen LogP contribution is 2.16. The van der Waals surface area contributed by atoms with Crippen molar-refractivity contribution in [3.05, 3.63) is 0 Å². The summed E-state index contributed by atoms with van der Waals surface area (Å²) in [6, 6.07) is 3.06. The van der Waals surface area contributed by atoms with Gasteiger partial charge in [-0.15, -0.1) is 0 Å². The molecule has 0 bridgehead atoms. The molecule has 0 rings (SSSR count). The van der Waals surface area contributed by atoms with Crippen molar-refractivity contribution in [3.63, 3.8) is 0 Å². The van der Waals surface area contributed by atoms with Gasteiger partial charge in [0.2, 0.25) is 0 Å². The Morgan fingerprint density at radius 3 is 2.47 bits per heavy atom. The molecule has 0 saturated carbocycles. The van der Waals surface area contributed by atoms with E-state index in [0.717, 1.165) is 25.8 Å². The number of hydrogen-bond acceptors (Lipinski definition) is 3. The lowest BCUT2D eigenvalue weighted by molar-refractivity contribution is 0.231. The largest absolute Gasteiger partial charge is 0.304 e. The van der Waals surface area contributed by atoms with Crippen LogP contribution in [0.2, 0.25) is 0 Å². The van der Waals surface area contributed by atoms with Gasteiger partial charge in [0.15, 0.2) is 0 Å². The molecule has 3 nitrogen and oxygen atoms in total. The van der Waals surface area contributed by atoms with Crippen LogP contribution in [0.3, 0.4) is 0 Å². The quantitative estimate of drug-likeness (QED) is 0.672.